The number of H-pyrrole nitrogens is 1. The largest absolute Gasteiger partial charge is 0.334 e. The highest BCUT2D eigenvalue weighted by Crippen LogP contribution is 2.26. The van der Waals surface area contributed by atoms with E-state index in [4.69, 9.17) is 0 Å². The van der Waals surface area contributed by atoms with E-state index in [0.29, 0.717) is 17.7 Å². The van der Waals surface area contributed by atoms with E-state index in [1.807, 2.05) is 0 Å². The number of aromatic amines is 1. The second-order valence-corrected chi connectivity index (χ2v) is 6.72. The maximum absolute atomic E-state index is 12.9. The van der Waals surface area contributed by atoms with E-state index in [0.717, 1.165) is 56.6 Å². The van der Waals surface area contributed by atoms with Crippen LogP contribution in [0.4, 0.5) is 0 Å². The Bertz CT molecular complexity index is 514. The van der Waals surface area contributed by atoms with Crippen LogP contribution in [0.15, 0.2) is 0 Å². The Morgan fingerprint density at radius 2 is 2.27 bits per heavy atom. The van der Waals surface area contributed by atoms with Gasteiger partial charge in [-0.05, 0) is 31.6 Å². The van der Waals surface area contributed by atoms with Crippen molar-refractivity contribution >= 4 is 18.3 Å². The number of fused-ring (bicyclic) bond motifs is 1. The van der Waals surface area contributed by atoms with Crippen LogP contribution in [0.1, 0.15) is 61.3 Å². The van der Waals surface area contributed by atoms with Gasteiger partial charge in [0.15, 0.2) is 5.69 Å². The second kappa shape index (κ2) is 7.47. The summed E-state index contributed by atoms with van der Waals surface area (Å²) in [6.45, 7) is 7.10. The van der Waals surface area contributed by atoms with Crippen molar-refractivity contribution in [2.24, 2.45) is 5.92 Å². The van der Waals surface area contributed by atoms with Crippen LogP contribution in [0.5, 0.6) is 0 Å². The van der Waals surface area contributed by atoms with Crippen molar-refractivity contribution in [1.29, 1.82) is 0 Å². The summed E-state index contributed by atoms with van der Waals surface area (Å²) in [5.74, 6) is 0.826. The third kappa shape index (κ3) is 3.46. The molecule has 1 unspecified atom stereocenters. The van der Waals surface area contributed by atoms with Gasteiger partial charge in [0.1, 0.15) is 0 Å². The Hall–Kier alpha value is -1.07. The average Bonchev–Trinajstić information content (AvgIpc) is 3.11. The monoisotopic (exact) mass is 326 g/mol. The van der Waals surface area contributed by atoms with Crippen molar-refractivity contribution in [2.75, 3.05) is 13.1 Å². The first-order chi connectivity index (χ1) is 10.2. The Balaban J connectivity index is 0.00000176. The molecule has 1 aromatic rings. The van der Waals surface area contributed by atoms with Crippen LogP contribution in [0.3, 0.4) is 0 Å². The van der Waals surface area contributed by atoms with E-state index >= 15 is 0 Å². The summed E-state index contributed by atoms with van der Waals surface area (Å²) in [4.78, 5) is 14.9. The minimum Gasteiger partial charge on any atom is -0.334 e. The number of likely N-dealkylation sites (tertiary alicyclic amines) is 1. The van der Waals surface area contributed by atoms with Gasteiger partial charge in [-0.15, -0.1) is 12.4 Å². The summed E-state index contributed by atoms with van der Waals surface area (Å²) < 4.78 is 0. The molecular weight excluding hydrogens is 300 g/mol. The predicted molar refractivity (Wildman–Crippen MR) is 89.4 cm³/mol. The molecule has 6 heteroatoms. The molecule has 1 saturated heterocycles. The molecule has 2 N–H and O–H groups in total. The summed E-state index contributed by atoms with van der Waals surface area (Å²) in [6, 6.07) is 0.406. The lowest BCUT2D eigenvalue weighted by molar-refractivity contribution is 0.0719. The van der Waals surface area contributed by atoms with Gasteiger partial charge in [0.25, 0.3) is 5.91 Å². The summed E-state index contributed by atoms with van der Waals surface area (Å²) in [6.07, 6.45) is 5.51. The van der Waals surface area contributed by atoms with E-state index in [1.165, 1.54) is 6.42 Å². The minimum atomic E-state index is 0. The first-order valence-electron chi connectivity index (χ1n) is 8.24. The number of hydrogen-bond donors (Lipinski definition) is 2. The van der Waals surface area contributed by atoms with E-state index < -0.39 is 0 Å². The molecule has 1 atom stereocenters. The first kappa shape index (κ1) is 17.3. The smallest absolute Gasteiger partial charge is 0.274 e. The number of halogens is 1. The van der Waals surface area contributed by atoms with Gasteiger partial charge in [0, 0.05) is 43.4 Å². The number of nitrogens with zero attached hydrogens (tertiary/aromatic N) is 2. The van der Waals surface area contributed by atoms with E-state index in [9.17, 15) is 4.79 Å². The molecule has 0 bridgehead atoms. The number of aromatic nitrogens is 2. The number of carbonyl (C=O) groups excluding carboxylic acids is 1. The van der Waals surface area contributed by atoms with Crippen LogP contribution in [0.25, 0.3) is 0 Å². The molecule has 0 aromatic carbocycles. The molecular formula is C16H27ClN4O. The van der Waals surface area contributed by atoms with Gasteiger partial charge in [-0.3, -0.25) is 9.89 Å². The van der Waals surface area contributed by atoms with Gasteiger partial charge in [-0.1, -0.05) is 13.8 Å². The van der Waals surface area contributed by atoms with Crippen molar-refractivity contribution in [3.63, 3.8) is 0 Å². The molecule has 3 heterocycles. The van der Waals surface area contributed by atoms with Crippen molar-refractivity contribution in [3.05, 3.63) is 17.0 Å². The first-order valence-corrected chi connectivity index (χ1v) is 8.24. The molecule has 124 valence electrons. The third-order valence-electron chi connectivity index (χ3n) is 4.72. The van der Waals surface area contributed by atoms with Gasteiger partial charge in [0.05, 0.1) is 0 Å². The van der Waals surface area contributed by atoms with Gasteiger partial charge in [-0.25, -0.2) is 0 Å². The Kier molecular flexibility index (Phi) is 5.87. The van der Waals surface area contributed by atoms with Crippen LogP contribution >= 0.6 is 12.4 Å². The second-order valence-electron chi connectivity index (χ2n) is 6.72. The predicted octanol–water partition coefficient (Wildman–Crippen LogP) is 2.52. The fraction of sp³-hybridized carbons (Fsp3) is 0.750. The topological polar surface area (TPSA) is 61.0 Å². The number of carbonyl (C=O) groups is 1. The van der Waals surface area contributed by atoms with Crippen LogP contribution in [0, 0.1) is 5.92 Å². The van der Waals surface area contributed by atoms with E-state index in [-0.39, 0.29) is 18.3 Å². The number of nitrogens with one attached hydrogen (secondary N) is 2. The molecule has 1 fully saturated rings. The zero-order valence-corrected chi connectivity index (χ0v) is 14.3. The maximum Gasteiger partial charge on any atom is 0.274 e. The van der Waals surface area contributed by atoms with Gasteiger partial charge in [-0.2, -0.15) is 5.10 Å². The summed E-state index contributed by atoms with van der Waals surface area (Å²) >= 11 is 0. The van der Waals surface area contributed by atoms with Crippen LogP contribution < -0.4 is 5.32 Å². The fourth-order valence-corrected chi connectivity index (χ4v) is 3.47. The minimum absolute atomic E-state index is 0. The average molecular weight is 327 g/mol. The summed E-state index contributed by atoms with van der Waals surface area (Å²) in [5, 5.41) is 10.7. The van der Waals surface area contributed by atoms with Crippen molar-refractivity contribution in [2.45, 2.75) is 58.5 Å². The standard InChI is InChI=1S/C16H26N4O.ClH/c1-11(2)5-6-12-4-3-9-20(12)16(21)15-13-10-17-8-7-14(13)18-19-15;/h11-12,17H,3-10H2,1-2H3,(H,18,19);1H. The highest BCUT2D eigenvalue weighted by atomic mass is 35.5. The number of rotatable bonds is 4. The van der Waals surface area contributed by atoms with E-state index in [1.54, 1.807) is 0 Å². The molecule has 0 aliphatic carbocycles. The number of hydrogen-bond acceptors (Lipinski definition) is 3. The molecule has 3 rings (SSSR count). The molecule has 0 spiro atoms. The molecule has 22 heavy (non-hydrogen) atoms. The number of amides is 1. The normalized spacial score (nSPS) is 20.9. The van der Waals surface area contributed by atoms with Crippen molar-refractivity contribution < 1.29 is 4.79 Å². The van der Waals surface area contributed by atoms with Crippen LogP contribution in [-0.4, -0.2) is 40.1 Å². The van der Waals surface area contributed by atoms with Crippen molar-refractivity contribution in [1.82, 2.24) is 20.4 Å². The molecule has 1 aromatic heterocycles. The Labute approximate surface area is 138 Å². The van der Waals surface area contributed by atoms with Gasteiger partial charge in [0.2, 0.25) is 0 Å². The zero-order valence-electron chi connectivity index (χ0n) is 13.5. The highest BCUT2D eigenvalue weighted by Gasteiger charge is 2.32. The fourth-order valence-electron chi connectivity index (χ4n) is 3.47. The molecule has 5 nitrogen and oxygen atoms in total. The molecule has 2 aliphatic rings. The summed E-state index contributed by atoms with van der Waals surface area (Å²) in [5.41, 5.74) is 2.87. The van der Waals surface area contributed by atoms with Crippen molar-refractivity contribution in [3.8, 4) is 0 Å². The third-order valence-corrected chi connectivity index (χ3v) is 4.72. The Morgan fingerprint density at radius 3 is 3.05 bits per heavy atom. The van der Waals surface area contributed by atoms with Crippen LogP contribution in [-0.2, 0) is 13.0 Å². The lowest BCUT2D eigenvalue weighted by atomic mass is 10.0. The highest BCUT2D eigenvalue weighted by molar-refractivity contribution is 5.94. The molecule has 0 saturated carbocycles. The van der Waals surface area contributed by atoms with Crippen LogP contribution in [0.2, 0.25) is 0 Å². The molecule has 0 radical (unpaired) electrons. The van der Waals surface area contributed by atoms with Gasteiger partial charge < -0.3 is 10.2 Å². The zero-order chi connectivity index (χ0) is 14.8. The van der Waals surface area contributed by atoms with Gasteiger partial charge >= 0.3 is 0 Å². The van der Waals surface area contributed by atoms with E-state index in [2.05, 4.69) is 34.3 Å². The summed E-state index contributed by atoms with van der Waals surface area (Å²) in [7, 11) is 0. The maximum atomic E-state index is 12.9. The molecule has 2 aliphatic heterocycles. The molecule has 1 amide bonds. The lowest BCUT2D eigenvalue weighted by Crippen LogP contribution is -2.37. The lowest BCUT2D eigenvalue weighted by Gasteiger charge is -2.25. The SMILES string of the molecule is CC(C)CCC1CCCN1C(=O)c1n[nH]c2c1CNCC2.Cl. The quantitative estimate of drug-likeness (QED) is 0.893. The Morgan fingerprint density at radius 1 is 1.45 bits per heavy atom.